The molecule has 2 aromatic carbocycles. The first-order chi connectivity index (χ1) is 18.4. The number of aryl methyl sites for hydroxylation is 1. The molecule has 1 aliphatic rings. The van der Waals surface area contributed by atoms with E-state index in [0.29, 0.717) is 5.95 Å². The smallest absolute Gasteiger partial charge is 0.223 e. The van der Waals surface area contributed by atoms with Crippen molar-refractivity contribution in [3.63, 3.8) is 0 Å². The number of hydrogen-bond acceptors (Lipinski definition) is 7. The van der Waals surface area contributed by atoms with Crippen molar-refractivity contribution in [2.24, 2.45) is 0 Å². The topological polar surface area (TPSA) is 82.3 Å². The molecule has 0 radical (unpaired) electrons. The van der Waals surface area contributed by atoms with E-state index in [1.165, 1.54) is 12.1 Å². The number of hydrogen-bond donors (Lipinski definition) is 2. The molecule has 9 heteroatoms. The van der Waals surface area contributed by atoms with Gasteiger partial charge in [-0.05, 0) is 75.6 Å². The molecule has 0 fully saturated rings. The van der Waals surface area contributed by atoms with Crippen LogP contribution >= 0.6 is 0 Å². The van der Waals surface area contributed by atoms with Gasteiger partial charge in [0.25, 0.3) is 0 Å². The molecule has 1 aliphatic heterocycles. The maximum Gasteiger partial charge on any atom is 0.223 e. The molecule has 3 heterocycles. The number of nitrogens with zero attached hydrogens (tertiary/aromatic N) is 6. The van der Waals surface area contributed by atoms with E-state index >= 15 is 0 Å². The lowest BCUT2D eigenvalue weighted by Gasteiger charge is -2.24. The molecule has 2 aromatic heterocycles. The number of phenolic OH excluding ortho intramolecular Hbond substituents is 1. The minimum atomic E-state index is -0.275. The summed E-state index contributed by atoms with van der Waals surface area (Å²) in [5.74, 6) is 1.58. The van der Waals surface area contributed by atoms with Crippen LogP contribution in [-0.4, -0.2) is 75.2 Å². The van der Waals surface area contributed by atoms with E-state index in [2.05, 4.69) is 31.7 Å². The number of nitrogens with one attached hydrogen (secondary N) is 1. The van der Waals surface area contributed by atoms with Gasteiger partial charge in [0.05, 0.1) is 17.1 Å². The molecule has 0 amide bonds. The van der Waals surface area contributed by atoms with Crippen molar-refractivity contribution in [3.05, 3.63) is 78.0 Å². The predicted molar refractivity (Wildman–Crippen MR) is 147 cm³/mol. The normalized spacial score (nSPS) is 14.8. The lowest BCUT2D eigenvalue weighted by molar-refractivity contribution is 0.273. The Morgan fingerprint density at radius 3 is 2.66 bits per heavy atom. The lowest BCUT2D eigenvalue weighted by Crippen LogP contribution is -2.26. The Labute approximate surface area is 222 Å². The standard InChI is InChI=1S/C29H34FN7O/c1-35(2)16-15-32-29-31-14-13-25(33-29)28-27(21-7-9-22(30)10-8-21)34-26-12-11-23(37(26)28)19-36(3)18-20-5-4-6-24(38)17-20/h4-10,13-14,17,23,38H,11-12,15-16,18-19H2,1-3H3,(H,31,32,33). The largest absolute Gasteiger partial charge is 0.508 e. The van der Waals surface area contributed by atoms with Crippen LogP contribution in [0, 0.1) is 5.82 Å². The molecule has 1 atom stereocenters. The SMILES string of the molecule is CN(C)CCNc1nccc(-c2c(-c3ccc(F)cc3)nc3n2C(CN(C)Cc2cccc(O)c2)CC3)n1. The van der Waals surface area contributed by atoms with Gasteiger partial charge in [-0.2, -0.15) is 0 Å². The Morgan fingerprint density at radius 1 is 1.08 bits per heavy atom. The van der Waals surface area contributed by atoms with Gasteiger partial charge < -0.3 is 24.8 Å². The molecule has 0 saturated carbocycles. The van der Waals surface area contributed by atoms with Crippen LogP contribution in [0.5, 0.6) is 5.75 Å². The number of aromatic hydroxyl groups is 1. The van der Waals surface area contributed by atoms with Crippen molar-refractivity contribution >= 4 is 5.95 Å². The van der Waals surface area contributed by atoms with Crippen LogP contribution in [0.4, 0.5) is 10.3 Å². The molecule has 1 unspecified atom stereocenters. The van der Waals surface area contributed by atoms with Gasteiger partial charge in [-0.25, -0.2) is 19.3 Å². The van der Waals surface area contributed by atoms with Crippen molar-refractivity contribution in [2.45, 2.75) is 25.4 Å². The lowest BCUT2D eigenvalue weighted by atomic mass is 10.1. The number of benzene rings is 2. The van der Waals surface area contributed by atoms with Crippen molar-refractivity contribution in [3.8, 4) is 28.4 Å². The third kappa shape index (κ3) is 5.84. The number of phenols is 1. The van der Waals surface area contributed by atoms with Crippen LogP contribution in [0.2, 0.25) is 0 Å². The Hall–Kier alpha value is -3.82. The molecule has 2 N–H and O–H groups in total. The van der Waals surface area contributed by atoms with Gasteiger partial charge in [0, 0.05) is 50.4 Å². The molecule has 38 heavy (non-hydrogen) atoms. The average molecular weight is 516 g/mol. The Kier molecular flexibility index (Phi) is 7.67. The molecule has 0 aliphatic carbocycles. The molecule has 0 bridgehead atoms. The van der Waals surface area contributed by atoms with Gasteiger partial charge in [0.15, 0.2) is 0 Å². The van der Waals surface area contributed by atoms with E-state index in [4.69, 9.17) is 9.97 Å². The number of likely N-dealkylation sites (N-methyl/N-ethyl adjacent to an activating group) is 2. The van der Waals surface area contributed by atoms with E-state index in [0.717, 1.165) is 73.1 Å². The fraction of sp³-hybridized carbons (Fsp3) is 0.345. The summed E-state index contributed by atoms with van der Waals surface area (Å²) >= 11 is 0. The van der Waals surface area contributed by atoms with E-state index in [1.807, 2.05) is 32.3 Å². The van der Waals surface area contributed by atoms with E-state index < -0.39 is 0 Å². The van der Waals surface area contributed by atoms with Gasteiger partial charge in [-0.3, -0.25) is 0 Å². The summed E-state index contributed by atoms with van der Waals surface area (Å²) in [7, 11) is 6.15. The highest BCUT2D eigenvalue weighted by atomic mass is 19.1. The number of anilines is 1. The van der Waals surface area contributed by atoms with Crippen molar-refractivity contribution in [1.29, 1.82) is 0 Å². The van der Waals surface area contributed by atoms with Crippen LogP contribution in [0.3, 0.4) is 0 Å². The Balaban J connectivity index is 1.48. The second-order valence-electron chi connectivity index (χ2n) is 10.2. The molecular weight excluding hydrogens is 481 g/mol. The third-order valence-corrected chi connectivity index (χ3v) is 6.79. The summed E-state index contributed by atoms with van der Waals surface area (Å²) in [6.07, 6.45) is 3.60. The molecule has 4 aromatic rings. The minimum absolute atomic E-state index is 0.198. The van der Waals surface area contributed by atoms with Crippen LogP contribution in [0.1, 0.15) is 23.9 Å². The Morgan fingerprint density at radius 2 is 1.89 bits per heavy atom. The quantitative estimate of drug-likeness (QED) is 0.323. The van der Waals surface area contributed by atoms with Crippen LogP contribution < -0.4 is 5.32 Å². The molecule has 5 rings (SSSR count). The highest BCUT2D eigenvalue weighted by Crippen LogP contribution is 2.39. The second-order valence-corrected chi connectivity index (χ2v) is 10.2. The first-order valence-corrected chi connectivity index (χ1v) is 12.9. The first-order valence-electron chi connectivity index (χ1n) is 12.9. The monoisotopic (exact) mass is 515 g/mol. The van der Waals surface area contributed by atoms with E-state index in [1.54, 1.807) is 30.5 Å². The molecule has 8 nitrogen and oxygen atoms in total. The Bertz CT molecular complexity index is 1390. The summed E-state index contributed by atoms with van der Waals surface area (Å²) in [6, 6.07) is 16.0. The summed E-state index contributed by atoms with van der Waals surface area (Å²) in [5.41, 5.74) is 4.44. The molecule has 198 valence electrons. The van der Waals surface area contributed by atoms with E-state index in [9.17, 15) is 9.50 Å². The van der Waals surface area contributed by atoms with Crippen LogP contribution in [-0.2, 0) is 13.0 Å². The fourth-order valence-electron chi connectivity index (χ4n) is 5.06. The van der Waals surface area contributed by atoms with Crippen LogP contribution in [0.15, 0.2) is 60.8 Å². The molecular formula is C29H34FN7O. The predicted octanol–water partition coefficient (Wildman–Crippen LogP) is 4.44. The zero-order valence-electron chi connectivity index (χ0n) is 22.1. The maximum absolute atomic E-state index is 13.7. The van der Waals surface area contributed by atoms with Gasteiger partial charge in [-0.15, -0.1) is 0 Å². The van der Waals surface area contributed by atoms with Gasteiger partial charge in [0.1, 0.15) is 17.4 Å². The molecule has 0 spiro atoms. The zero-order chi connectivity index (χ0) is 26.6. The van der Waals surface area contributed by atoms with Crippen molar-refractivity contribution in [2.75, 3.05) is 46.1 Å². The summed E-state index contributed by atoms with van der Waals surface area (Å²) in [4.78, 5) is 18.7. The number of fused-ring (bicyclic) bond motifs is 1. The number of halogens is 1. The minimum Gasteiger partial charge on any atom is -0.508 e. The third-order valence-electron chi connectivity index (χ3n) is 6.79. The zero-order valence-corrected chi connectivity index (χ0v) is 22.1. The first kappa shape index (κ1) is 25.8. The molecule has 0 saturated heterocycles. The van der Waals surface area contributed by atoms with Crippen molar-refractivity contribution < 1.29 is 9.50 Å². The van der Waals surface area contributed by atoms with Gasteiger partial charge in [-0.1, -0.05) is 12.1 Å². The highest BCUT2D eigenvalue weighted by molar-refractivity contribution is 5.78. The maximum atomic E-state index is 13.7. The number of rotatable bonds is 10. The second kappa shape index (κ2) is 11.3. The highest BCUT2D eigenvalue weighted by Gasteiger charge is 2.31. The van der Waals surface area contributed by atoms with Gasteiger partial charge >= 0.3 is 0 Å². The van der Waals surface area contributed by atoms with E-state index in [-0.39, 0.29) is 17.6 Å². The number of imidazole rings is 1. The summed E-state index contributed by atoms with van der Waals surface area (Å²) in [5, 5.41) is 13.2. The van der Waals surface area contributed by atoms with Crippen molar-refractivity contribution in [1.82, 2.24) is 29.3 Å². The summed E-state index contributed by atoms with van der Waals surface area (Å²) in [6.45, 7) is 3.13. The fourth-order valence-corrected chi connectivity index (χ4v) is 5.06. The number of aromatic nitrogens is 4. The van der Waals surface area contributed by atoms with Gasteiger partial charge in [0.2, 0.25) is 5.95 Å². The average Bonchev–Trinajstić information content (AvgIpc) is 3.44. The summed E-state index contributed by atoms with van der Waals surface area (Å²) < 4.78 is 16.1. The van der Waals surface area contributed by atoms with Crippen LogP contribution in [0.25, 0.3) is 22.6 Å².